The molecule has 1 rings (SSSR count). The average molecular weight is 232 g/mol. The summed E-state index contributed by atoms with van der Waals surface area (Å²) in [5, 5.41) is 11.5. The van der Waals surface area contributed by atoms with Crippen LogP contribution in [0.25, 0.3) is 0 Å². The fourth-order valence-corrected chi connectivity index (χ4v) is 1.58. The molecule has 1 heterocycles. The van der Waals surface area contributed by atoms with E-state index in [0.717, 1.165) is 5.75 Å². The van der Waals surface area contributed by atoms with Crippen molar-refractivity contribution in [1.82, 2.24) is 20.2 Å². The number of esters is 1. The summed E-state index contributed by atoms with van der Waals surface area (Å²) < 4.78 is 10.8. The molecule has 0 atom stereocenters. The predicted molar refractivity (Wildman–Crippen MR) is 52.4 cm³/mol. The van der Waals surface area contributed by atoms with Crippen molar-refractivity contribution < 1.29 is 14.3 Å². The van der Waals surface area contributed by atoms with Gasteiger partial charge in [0.1, 0.15) is 6.54 Å². The molecule has 1 aromatic heterocycles. The number of nitrogens with zero attached hydrogens (tertiary/aromatic N) is 4. The molecule has 0 aliphatic heterocycles. The Morgan fingerprint density at radius 3 is 3.00 bits per heavy atom. The number of tetrazole rings is 1. The maximum absolute atomic E-state index is 11.0. The lowest BCUT2D eigenvalue weighted by molar-refractivity contribution is -0.141. The zero-order valence-corrected chi connectivity index (χ0v) is 9.36. The van der Waals surface area contributed by atoms with E-state index in [-0.39, 0.29) is 12.5 Å². The highest BCUT2D eigenvalue weighted by molar-refractivity contribution is 7.99. The first-order valence-electron chi connectivity index (χ1n) is 4.22. The van der Waals surface area contributed by atoms with Crippen LogP contribution in [-0.2, 0) is 20.8 Å². The zero-order chi connectivity index (χ0) is 11.1. The summed E-state index contributed by atoms with van der Waals surface area (Å²) in [4.78, 5) is 11.0. The van der Waals surface area contributed by atoms with E-state index in [2.05, 4.69) is 20.3 Å². The van der Waals surface area contributed by atoms with Gasteiger partial charge in [-0.15, -0.1) is 5.10 Å². The number of thioether (sulfide) groups is 1. The Balaban J connectivity index is 2.49. The van der Waals surface area contributed by atoms with Crippen molar-refractivity contribution in [1.29, 1.82) is 0 Å². The van der Waals surface area contributed by atoms with Crippen LogP contribution in [0.5, 0.6) is 0 Å². The van der Waals surface area contributed by atoms with Crippen LogP contribution in [0.3, 0.4) is 0 Å². The van der Waals surface area contributed by atoms with Crippen LogP contribution >= 0.6 is 11.8 Å². The topological polar surface area (TPSA) is 79.1 Å². The van der Waals surface area contributed by atoms with E-state index in [4.69, 9.17) is 4.74 Å². The molecule has 1 aromatic rings. The first-order valence-corrected chi connectivity index (χ1v) is 5.21. The van der Waals surface area contributed by atoms with Gasteiger partial charge in [0, 0.05) is 12.9 Å². The normalized spacial score (nSPS) is 10.3. The molecular weight excluding hydrogens is 220 g/mol. The lowest BCUT2D eigenvalue weighted by Crippen LogP contribution is -2.14. The van der Waals surface area contributed by atoms with Crippen LogP contribution in [0.2, 0.25) is 0 Å². The summed E-state index contributed by atoms with van der Waals surface area (Å²) >= 11 is 1.42. The van der Waals surface area contributed by atoms with Gasteiger partial charge in [0.2, 0.25) is 5.16 Å². The fourth-order valence-electron chi connectivity index (χ4n) is 0.802. The van der Waals surface area contributed by atoms with Crippen LogP contribution in [-0.4, -0.2) is 52.8 Å². The van der Waals surface area contributed by atoms with E-state index in [0.29, 0.717) is 11.8 Å². The van der Waals surface area contributed by atoms with Crippen LogP contribution in [0.1, 0.15) is 0 Å². The number of hydrogen-bond donors (Lipinski definition) is 0. The Bertz CT molecular complexity index is 317. The van der Waals surface area contributed by atoms with Crippen molar-refractivity contribution in [2.45, 2.75) is 11.7 Å². The molecule has 0 spiro atoms. The standard InChI is InChI=1S/C7H12N4O3S/c1-13-3-4-15-7-8-9-10-11(7)5-6(12)14-2/h3-5H2,1-2H3. The van der Waals surface area contributed by atoms with Crippen LogP contribution in [0.4, 0.5) is 0 Å². The summed E-state index contributed by atoms with van der Waals surface area (Å²) in [6.45, 7) is 0.633. The number of aromatic nitrogens is 4. The Hall–Kier alpha value is -1.15. The number of ether oxygens (including phenoxy) is 2. The molecule has 0 unspecified atom stereocenters. The first-order chi connectivity index (χ1) is 7.27. The smallest absolute Gasteiger partial charge is 0.327 e. The lowest BCUT2D eigenvalue weighted by Gasteiger charge is -2.02. The minimum Gasteiger partial charge on any atom is -0.468 e. The highest BCUT2D eigenvalue weighted by Gasteiger charge is 2.10. The van der Waals surface area contributed by atoms with Gasteiger partial charge in [-0.1, -0.05) is 11.8 Å². The molecule has 0 saturated heterocycles. The Morgan fingerprint density at radius 2 is 2.33 bits per heavy atom. The van der Waals surface area contributed by atoms with Crippen molar-refractivity contribution in [2.24, 2.45) is 0 Å². The number of hydrogen-bond acceptors (Lipinski definition) is 7. The van der Waals surface area contributed by atoms with Gasteiger partial charge in [-0.25, -0.2) is 4.68 Å². The predicted octanol–water partition coefficient (Wildman–Crippen LogP) is -0.415. The number of carbonyl (C=O) groups excluding carboxylic acids is 1. The molecule has 0 aliphatic carbocycles. The molecule has 84 valence electrons. The van der Waals surface area contributed by atoms with Crippen molar-refractivity contribution in [3.63, 3.8) is 0 Å². The second-order valence-electron chi connectivity index (χ2n) is 2.54. The average Bonchev–Trinajstić information content (AvgIpc) is 2.66. The summed E-state index contributed by atoms with van der Waals surface area (Å²) in [6.07, 6.45) is 0. The van der Waals surface area contributed by atoms with Crippen molar-refractivity contribution >= 4 is 17.7 Å². The minimum absolute atomic E-state index is 0.0266. The molecule has 0 saturated carbocycles. The molecular formula is C7H12N4O3S. The van der Waals surface area contributed by atoms with Gasteiger partial charge in [0.25, 0.3) is 0 Å². The number of carbonyl (C=O) groups is 1. The molecule has 0 radical (unpaired) electrons. The largest absolute Gasteiger partial charge is 0.468 e. The van der Waals surface area contributed by atoms with Gasteiger partial charge >= 0.3 is 5.97 Å². The molecule has 8 heteroatoms. The van der Waals surface area contributed by atoms with Gasteiger partial charge < -0.3 is 9.47 Å². The highest BCUT2D eigenvalue weighted by atomic mass is 32.2. The SMILES string of the molecule is COCCSc1nnnn1CC(=O)OC. The molecule has 0 aliphatic rings. The van der Waals surface area contributed by atoms with Crippen molar-refractivity contribution in [3.05, 3.63) is 0 Å². The van der Waals surface area contributed by atoms with Gasteiger partial charge in [-0.05, 0) is 10.4 Å². The van der Waals surface area contributed by atoms with Gasteiger partial charge in [0.05, 0.1) is 13.7 Å². The molecule has 0 N–H and O–H groups in total. The Kier molecular flexibility index (Phi) is 5.05. The lowest BCUT2D eigenvalue weighted by atomic mass is 10.7. The quantitative estimate of drug-likeness (QED) is 0.374. The third-order valence-corrected chi connectivity index (χ3v) is 2.45. The third kappa shape index (κ3) is 3.84. The maximum atomic E-state index is 11.0. The van der Waals surface area contributed by atoms with Crippen molar-refractivity contribution in [2.75, 3.05) is 26.6 Å². The third-order valence-electron chi connectivity index (χ3n) is 1.52. The van der Waals surface area contributed by atoms with E-state index in [1.807, 2.05) is 0 Å². The highest BCUT2D eigenvalue weighted by Crippen LogP contribution is 2.12. The van der Waals surface area contributed by atoms with E-state index in [9.17, 15) is 4.79 Å². The molecule has 0 fully saturated rings. The Morgan fingerprint density at radius 1 is 1.53 bits per heavy atom. The minimum atomic E-state index is -0.379. The maximum Gasteiger partial charge on any atom is 0.327 e. The number of methoxy groups -OCH3 is 2. The van der Waals surface area contributed by atoms with Crippen LogP contribution in [0.15, 0.2) is 5.16 Å². The zero-order valence-electron chi connectivity index (χ0n) is 8.54. The summed E-state index contributed by atoms with van der Waals surface area (Å²) in [6, 6.07) is 0. The van der Waals surface area contributed by atoms with Gasteiger partial charge in [-0.3, -0.25) is 4.79 Å². The van der Waals surface area contributed by atoms with E-state index in [1.165, 1.54) is 23.6 Å². The molecule has 0 bridgehead atoms. The van der Waals surface area contributed by atoms with Crippen LogP contribution < -0.4 is 0 Å². The van der Waals surface area contributed by atoms with Gasteiger partial charge in [0.15, 0.2) is 0 Å². The second kappa shape index (κ2) is 6.36. The monoisotopic (exact) mass is 232 g/mol. The first kappa shape index (κ1) is 11.9. The molecule has 0 aromatic carbocycles. The molecule has 0 amide bonds. The van der Waals surface area contributed by atoms with E-state index >= 15 is 0 Å². The molecule has 15 heavy (non-hydrogen) atoms. The van der Waals surface area contributed by atoms with Gasteiger partial charge in [-0.2, -0.15) is 0 Å². The summed E-state index contributed by atoms with van der Waals surface area (Å²) in [5.74, 6) is 0.355. The summed E-state index contributed by atoms with van der Waals surface area (Å²) in [7, 11) is 2.95. The fraction of sp³-hybridized carbons (Fsp3) is 0.714. The summed E-state index contributed by atoms with van der Waals surface area (Å²) in [5.41, 5.74) is 0. The van der Waals surface area contributed by atoms with Crippen LogP contribution in [0, 0.1) is 0 Å². The van der Waals surface area contributed by atoms with Crippen molar-refractivity contribution in [3.8, 4) is 0 Å². The number of rotatable bonds is 6. The van der Waals surface area contributed by atoms with E-state index < -0.39 is 0 Å². The Labute approximate surface area is 91.1 Å². The molecule has 7 nitrogen and oxygen atoms in total. The van der Waals surface area contributed by atoms with E-state index in [1.54, 1.807) is 7.11 Å². The second-order valence-corrected chi connectivity index (χ2v) is 3.60.